The lowest BCUT2D eigenvalue weighted by molar-refractivity contribution is -0.101. The minimum absolute atomic E-state index is 0.0141. The van der Waals surface area contributed by atoms with Crippen molar-refractivity contribution in [1.29, 1.82) is 0 Å². The molecule has 0 amide bonds. The Balaban J connectivity index is 2.15. The third-order valence-electron chi connectivity index (χ3n) is 1.32. The predicted molar refractivity (Wildman–Crippen MR) is 33.6 cm³/mol. The van der Waals surface area contributed by atoms with Crippen molar-refractivity contribution in [2.24, 2.45) is 0 Å². The smallest absolute Gasteiger partial charge is 0.181 e. The summed E-state index contributed by atoms with van der Waals surface area (Å²) in [5.74, 6) is 0. The number of aliphatic hydroxyl groups is 1. The summed E-state index contributed by atoms with van der Waals surface area (Å²) in [5, 5.41) is 8.61. The molecule has 1 heterocycles. The number of ether oxygens (including phenoxy) is 3. The van der Waals surface area contributed by atoms with Gasteiger partial charge in [0.05, 0.1) is 19.8 Å². The van der Waals surface area contributed by atoms with E-state index in [0.717, 1.165) is 0 Å². The highest BCUT2D eigenvalue weighted by Gasteiger charge is 2.24. The minimum Gasteiger partial charge on any atom is -0.394 e. The topological polar surface area (TPSA) is 47.9 Å². The Morgan fingerprint density at radius 1 is 1.70 bits per heavy atom. The Bertz CT molecular complexity index is 95.7. The van der Waals surface area contributed by atoms with Gasteiger partial charge in [-0.1, -0.05) is 0 Å². The van der Waals surface area contributed by atoms with Crippen LogP contribution in [0.1, 0.15) is 0 Å². The second kappa shape index (κ2) is 3.88. The lowest BCUT2D eigenvalue weighted by Crippen LogP contribution is -2.19. The lowest BCUT2D eigenvalue weighted by atomic mass is 10.4. The Morgan fingerprint density at radius 2 is 2.50 bits per heavy atom. The summed E-state index contributed by atoms with van der Waals surface area (Å²) in [4.78, 5) is 0. The van der Waals surface area contributed by atoms with Crippen LogP contribution >= 0.6 is 0 Å². The third kappa shape index (κ3) is 1.91. The third-order valence-corrected chi connectivity index (χ3v) is 1.32. The van der Waals surface area contributed by atoms with Gasteiger partial charge in [0.1, 0.15) is 6.10 Å². The maximum atomic E-state index is 8.61. The molecule has 0 saturated carbocycles. The van der Waals surface area contributed by atoms with Crippen LogP contribution in [0.4, 0.5) is 0 Å². The monoisotopic (exact) mass is 148 g/mol. The van der Waals surface area contributed by atoms with E-state index in [2.05, 4.69) is 0 Å². The van der Waals surface area contributed by atoms with Gasteiger partial charge in [-0.15, -0.1) is 0 Å². The molecule has 0 spiro atoms. The molecule has 1 N–H and O–H groups in total. The van der Waals surface area contributed by atoms with Crippen LogP contribution in [-0.4, -0.2) is 44.4 Å². The molecular formula is C6H12O4. The van der Waals surface area contributed by atoms with Crippen molar-refractivity contribution in [3.05, 3.63) is 0 Å². The molecule has 10 heavy (non-hydrogen) atoms. The number of methoxy groups -OCH3 is 1. The number of aliphatic hydroxyl groups excluding tert-OH is 1. The maximum Gasteiger partial charge on any atom is 0.181 e. The second-order valence-corrected chi connectivity index (χ2v) is 2.16. The summed E-state index contributed by atoms with van der Waals surface area (Å²) < 4.78 is 15.0. The first-order valence-electron chi connectivity index (χ1n) is 3.23. The first-order chi connectivity index (χ1) is 4.86. The van der Waals surface area contributed by atoms with Gasteiger partial charge in [0.2, 0.25) is 0 Å². The van der Waals surface area contributed by atoms with Crippen molar-refractivity contribution >= 4 is 0 Å². The summed E-state index contributed by atoms with van der Waals surface area (Å²) in [6, 6.07) is 0. The lowest BCUT2D eigenvalue weighted by Gasteiger charge is -2.07. The predicted octanol–water partition coefficient (Wildman–Crippen LogP) is -0.633. The van der Waals surface area contributed by atoms with Crippen molar-refractivity contribution in [1.82, 2.24) is 0 Å². The van der Waals surface area contributed by atoms with Crippen molar-refractivity contribution in [2.75, 3.05) is 26.9 Å². The fraction of sp³-hybridized carbons (Fsp3) is 1.00. The molecule has 4 heteroatoms. The molecular weight excluding hydrogens is 136 g/mol. The van der Waals surface area contributed by atoms with E-state index in [1.165, 1.54) is 0 Å². The van der Waals surface area contributed by atoms with Crippen LogP contribution in [0.15, 0.2) is 0 Å². The van der Waals surface area contributed by atoms with Crippen LogP contribution in [0.5, 0.6) is 0 Å². The SMILES string of the molecule is COCC1OC[C@H](CO)O1. The summed E-state index contributed by atoms with van der Waals surface area (Å²) in [6.45, 7) is 0.904. The number of rotatable bonds is 3. The molecule has 1 fully saturated rings. The van der Waals surface area contributed by atoms with Gasteiger partial charge >= 0.3 is 0 Å². The molecule has 0 aromatic heterocycles. The highest BCUT2D eigenvalue weighted by Crippen LogP contribution is 2.10. The van der Waals surface area contributed by atoms with Gasteiger partial charge in [0.25, 0.3) is 0 Å². The van der Waals surface area contributed by atoms with E-state index >= 15 is 0 Å². The average molecular weight is 148 g/mol. The Morgan fingerprint density at radius 3 is 3.00 bits per heavy atom. The van der Waals surface area contributed by atoms with E-state index < -0.39 is 0 Å². The van der Waals surface area contributed by atoms with Crippen molar-refractivity contribution < 1.29 is 19.3 Å². The molecule has 1 rings (SSSR count). The highest BCUT2D eigenvalue weighted by atomic mass is 16.7. The zero-order chi connectivity index (χ0) is 7.40. The van der Waals surface area contributed by atoms with Crippen LogP contribution in [0.2, 0.25) is 0 Å². The molecule has 1 saturated heterocycles. The first kappa shape index (κ1) is 7.94. The van der Waals surface area contributed by atoms with Crippen molar-refractivity contribution in [3.8, 4) is 0 Å². The number of hydrogen-bond donors (Lipinski definition) is 1. The molecule has 0 aromatic carbocycles. The summed E-state index contributed by atoms with van der Waals surface area (Å²) in [6.07, 6.45) is -0.456. The minimum atomic E-state index is -0.290. The average Bonchev–Trinajstić information content (AvgIpc) is 2.37. The molecule has 0 bridgehead atoms. The Hall–Kier alpha value is -0.160. The van der Waals surface area contributed by atoms with Gasteiger partial charge in [-0.2, -0.15) is 0 Å². The van der Waals surface area contributed by atoms with Gasteiger partial charge in [0.15, 0.2) is 6.29 Å². The summed E-state index contributed by atoms with van der Waals surface area (Å²) in [7, 11) is 1.58. The Labute approximate surface area is 59.7 Å². The van der Waals surface area contributed by atoms with E-state index in [-0.39, 0.29) is 19.0 Å². The van der Waals surface area contributed by atoms with Gasteiger partial charge in [-0.3, -0.25) is 0 Å². The normalized spacial score (nSPS) is 33.0. The first-order valence-corrected chi connectivity index (χ1v) is 3.23. The molecule has 60 valence electrons. The van der Waals surface area contributed by atoms with Gasteiger partial charge < -0.3 is 19.3 Å². The molecule has 1 aliphatic rings. The second-order valence-electron chi connectivity index (χ2n) is 2.16. The molecule has 2 atom stereocenters. The van der Waals surface area contributed by atoms with Gasteiger partial charge in [-0.05, 0) is 0 Å². The number of hydrogen-bond acceptors (Lipinski definition) is 4. The quantitative estimate of drug-likeness (QED) is 0.578. The van der Waals surface area contributed by atoms with E-state index in [1.54, 1.807) is 7.11 Å². The standard InChI is InChI=1S/C6H12O4/c1-8-4-6-9-3-5(2-7)10-6/h5-7H,2-4H2,1H3/t5-,6?/m0/s1. The Kier molecular flexibility index (Phi) is 3.08. The van der Waals surface area contributed by atoms with Crippen LogP contribution in [0, 0.1) is 0 Å². The van der Waals surface area contributed by atoms with Crippen LogP contribution in [-0.2, 0) is 14.2 Å². The van der Waals surface area contributed by atoms with Crippen LogP contribution < -0.4 is 0 Å². The van der Waals surface area contributed by atoms with Crippen molar-refractivity contribution in [3.63, 3.8) is 0 Å². The molecule has 0 radical (unpaired) electrons. The van der Waals surface area contributed by atoms with Gasteiger partial charge in [-0.25, -0.2) is 0 Å². The highest BCUT2D eigenvalue weighted by molar-refractivity contribution is 4.62. The fourth-order valence-corrected chi connectivity index (χ4v) is 0.827. The van der Waals surface area contributed by atoms with Crippen molar-refractivity contribution in [2.45, 2.75) is 12.4 Å². The maximum absolute atomic E-state index is 8.61. The fourth-order valence-electron chi connectivity index (χ4n) is 0.827. The molecule has 1 unspecified atom stereocenters. The largest absolute Gasteiger partial charge is 0.394 e. The summed E-state index contributed by atoms with van der Waals surface area (Å²) in [5.41, 5.74) is 0. The van der Waals surface area contributed by atoms with E-state index in [1.807, 2.05) is 0 Å². The van der Waals surface area contributed by atoms with Crippen LogP contribution in [0.3, 0.4) is 0 Å². The summed E-state index contributed by atoms with van der Waals surface area (Å²) >= 11 is 0. The van der Waals surface area contributed by atoms with Gasteiger partial charge in [0, 0.05) is 7.11 Å². The molecule has 0 aliphatic carbocycles. The van der Waals surface area contributed by atoms with Crippen LogP contribution in [0.25, 0.3) is 0 Å². The molecule has 4 nitrogen and oxygen atoms in total. The molecule has 1 aliphatic heterocycles. The van der Waals surface area contributed by atoms with E-state index in [9.17, 15) is 0 Å². The zero-order valence-electron chi connectivity index (χ0n) is 5.95. The molecule has 0 aromatic rings. The van der Waals surface area contributed by atoms with E-state index in [4.69, 9.17) is 19.3 Å². The van der Waals surface area contributed by atoms with E-state index in [0.29, 0.717) is 13.2 Å². The zero-order valence-corrected chi connectivity index (χ0v) is 5.95.